The van der Waals surface area contributed by atoms with E-state index in [0.717, 1.165) is 0 Å². The van der Waals surface area contributed by atoms with Crippen LogP contribution in [0.25, 0.3) is 27.8 Å². The predicted molar refractivity (Wildman–Crippen MR) is 143 cm³/mol. The summed E-state index contributed by atoms with van der Waals surface area (Å²) in [4.78, 5) is 26.4. The Labute approximate surface area is 220 Å². The number of ether oxygens (including phenoxy) is 1. The summed E-state index contributed by atoms with van der Waals surface area (Å²) in [5.41, 5.74) is 1.19. The molecule has 0 bridgehead atoms. The van der Waals surface area contributed by atoms with Gasteiger partial charge in [-0.2, -0.15) is 0 Å². The summed E-state index contributed by atoms with van der Waals surface area (Å²) in [6.45, 7) is 8.55. The number of fused-ring (bicyclic) bond motifs is 1. The molecule has 1 aliphatic heterocycles. The molecule has 0 radical (unpaired) electrons. The zero-order chi connectivity index (χ0) is 27.2. The summed E-state index contributed by atoms with van der Waals surface area (Å²) in [5, 5.41) is 0.665. The van der Waals surface area contributed by atoms with Crippen molar-refractivity contribution in [2.75, 3.05) is 25.1 Å². The maximum Gasteiger partial charge on any atom is 0.254 e. The largest absolute Gasteiger partial charge is 0.369 e. The monoisotopic (exact) mass is 519 g/mol. The third-order valence-corrected chi connectivity index (χ3v) is 7.36. The highest BCUT2D eigenvalue weighted by Gasteiger charge is 2.40. The van der Waals surface area contributed by atoms with Gasteiger partial charge >= 0.3 is 0 Å². The standard InChI is InChI=1S/C29H31F2N5O2/c1-18-15-35(28(37)29(3,4)38-5)19(2)14-34(18)26-25-23(22-11-6-7-12-24(22)31)16-36(27(25)33-17-32-26)21-10-8-9-20(30)13-21/h6-13,16-19H,14-15H2,1-5H3/t18-,19+/m0/s1. The lowest BCUT2D eigenvalue weighted by Gasteiger charge is -2.46. The quantitative estimate of drug-likeness (QED) is 0.362. The molecule has 4 aromatic rings. The van der Waals surface area contributed by atoms with Crippen molar-refractivity contribution in [2.24, 2.45) is 0 Å². The van der Waals surface area contributed by atoms with Crippen molar-refractivity contribution in [3.63, 3.8) is 0 Å². The molecule has 0 unspecified atom stereocenters. The molecule has 1 saturated heterocycles. The summed E-state index contributed by atoms with van der Waals surface area (Å²) in [7, 11) is 1.54. The smallest absolute Gasteiger partial charge is 0.254 e. The third-order valence-electron chi connectivity index (χ3n) is 7.36. The molecule has 3 heterocycles. The summed E-state index contributed by atoms with van der Waals surface area (Å²) in [5.74, 6) is -0.190. The first-order valence-corrected chi connectivity index (χ1v) is 12.6. The van der Waals surface area contributed by atoms with Crippen LogP contribution in [-0.2, 0) is 9.53 Å². The van der Waals surface area contributed by atoms with Crippen LogP contribution in [0.15, 0.2) is 61.1 Å². The Morgan fingerprint density at radius 3 is 2.47 bits per heavy atom. The minimum atomic E-state index is -0.932. The van der Waals surface area contributed by atoms with Gasteiger partial charge in [-0.1, -0.05) is 24.3 Å². The highest BCUT2D eigenvalue weighted by molar-refractivity contribution is 6.02. The highest BCUT2D eigenvalue weighted by Crippen LogP contribution is 2.39. The molecule has 1 fully saturated rings. The number of nitrogens with zero attached hydrogens (tertiary/aromatic N) is 5. The zero-order valence-corrected chi connectivity index (χ0v) is 22.2. The van der Waals surface area contributed by atoms with Crippen molar-refractivity contribution in [2.45, 2.75) is 45.4 Å². The molecule has 0 N–H and O–H groups in total. The lowest BCUT2D eigenvalue weighted by Crippen LogP contribution is -2.62. The van der Waals surface area contributed by atoms with Gasteiger partial charge in [-0.25, -0.2) is 18.7 Å². The summed E-state index contributed by atoms with van der Waals surface area (Å²) in [6, 6.07) is 12.5. The number of methoxy groups -OCH3 is 1. The first-order valence-electron chi connectivity index (χ1n) is 12.6. The maximum atomic E-state index is 15.1. The molecule has 2 aromatic carbocycles. The van der Waals surface area contributed by atoms with E-state index in [0.29, 0.717) is 46.8 Å². The lowest BCUT2D eigenvalue weighted by molar-refractivity contribution is -0.154. The Hall–Kier alpha value is -3.85. The van der Waals surface area contributed by atoms with Gasteiger partial charge < -0.3 is 19.1 Å². The van der Waals surface area contributed by atoms with Crippen LogP contribution >= 0.6 is 0 Å². The Morgan fingerprint density at radius 1 is 1.00 bits per heavy atom. The molecule has 0 spiro atoms. The van der Waals surface area contributed by atoms with E-state index in [1.54, 1.807) is 54.9 Å². The number of amides is 1. The van der Waals surface area contributed by atoms with E-state index in [1.807, 2.05) is 18.7 Å². The fourth-order valence-corrected chi connectivity index (χ4v) is 5.11. The molecule has 38 heavy (non-hydrogen) atoms. The summed E-state index contributed by atoms with van der Waals surface area (Å²) in [6.07, 6.45) is 3.26. The van der Waals surface area contributed by atoms with E-state index in [9.17, 15) is 9.18 Å². The van der Waals surface area contributed by atoms with Crippen molar-refractivity contribution in [3.05, 3.63) is 72.7 Å². The Kier molecular flexibility index (Phi) is 6.65. The van der Waals surface area contributed by atoms with Gasteiger partial charge in [0.05, 0.1) is 5.39 Å². The van der Waals surface area contributed by atoms with Gasteiger partial charge in [0.25, 0.3) is 5.91 Å². The first-order chi connectivity index (χ1) is 18.1. The van der Waals surface area contributed by atoms with Crippen LogP contribution in [0, 0.1) is 11.6 Å². The Balaban J connectivity index is 1.66. The second-order valence-corrected chi connectivity index (χ2v) is 10.3. The van der Waals surface area contributed by atoms with Gasteiger partial charge in [0, 0.05) is 55.3 Å². The molecule has 198 valence electrons. The van der Waals surface area contributed by atoms with Gasteiger partial charge in [0.1, 0.15) is 29.4 Å². The number of piperazine rings is 1. The number of aromatic nitrogens is 3. The number of hydrogen-bond donors (Lipinski definition) is 0. The molecule has 2 atom stereocenters. The average molecular weight is 520 g/mol. The third kappa shape index (κ3) is 4.41. The molecule has 1 amide bonds. The Morgan fingerprint density at radius 2 is 1.76 bits per heavy atom. The van der Waals surface area contributed by atoms with Gasteiger partial charge in [-0.05, 0) is 52.0 Å². The van der Waals surface area contributed by atoms with E-state index in [-0.39, 0.29) is 29.6 Å². The van der Waals surface area contributed by atoms with Crippen molar-refractivity contribution in [1.29, 1.82) is 0 Å². The molecule has 0 aliphatic carbocycles. The fraction of sp³-hybridized carbons (Fsp3) is 0.345. The topological polar surface area (TPSA) is 63.5 Å². The first kappa shape index (κ1) is 25.8. The number of carbonyl (C=O) groups excluding carboxylic acids is 1. The van der Waals surface area contributed by atoms with Crippen LogP contribution in [0.3, 0.4) is 0 Å². The second-order valence-electron chi connectivity index (χ2n) is 10.3. The molecule has 9 heteroatoms. The maximum absolute atomic E-state index is 15.1. The van der Waals surface area contributed by atoms with Gasteiger partial charge in [0.2, 0.25) is 0 Å². The number of anilines is 1. The summed E-state index contributed by atoms with van der Waals surface area (Å²) < 4.78 is 36.5. The summed E-state index contributed by atoms with van der Waals surface area (Å²) >= 11 is 0. The van der Waals surface area contributed by atoms with E-state index in [1.165, 1.54) is 31.6 Å². The number of rotatable bonds is 5. The van der Waals surface area contributed by atoms with Crippen molar-refractivity contribution in [1.82, 2.24) is 19.4 Å². The van der Waals surface area contributed by atoms with Crippen molar-refractivity contribution < 1.29 is 18.3 Å². The number of halogens is 2. The van der Waals surface area contributed by atoms with Crippen molar-refractivity contribution >= 4 is 22.8 Å². The highest BCUT2D eigenvalue weighted by atomic mass is 19.1. The van der Waals surface area contributed by atoms with Crippen LogP contribution in [0.1, 0.15) is 27.7 Å². The van der Waals surface area contributed by atoms with Crippen LogP contribution in [0.2, 0.25) is 0 Å². The number of hydrogen-bond acceptors (Lipinski definition) is 5. The van der Waals surface area contributed by atoms with E-state index >= 15 is 4.39 Å². The van der Waals surface area contributed by atoms with Gasteiger partial charge in [-0.3, -0.25) is 4.79 Å². The minimum Gasteiger partial charge on any atom is -0.369 e. The Bertz CT molecular complexity index is 1500. The van der Waals surface area contributed by atoms with E-state index < -0.39 is 5.60 Å². The molecule has 2 aromatic heterocycles. The number of benzene rings is 2. The normalized spacial score (nSPS) is 18.3. The minimum absolute atomic E-state index is 0.0730. The molecule has 7 nitrogen and oxygen atoms in total. The van der Waals surface area contributed by atoms with Crippen LogP contribution in [0.4, 0.5) is 14.6 Å². The molecule has 1 aliphatic rings. The lowest BCUT2D eigenvalue weighted by atomic mass is 10.0. The van der Waals surface area contributed by atoms with Gasteiger partial charge in [0.15, 0.2) is 5.65 Å². The van der Waals surface area contributed by atoms with Crippen LogP contribution in [0.5, 0.6) is 0 Å². The molecular formula is C29H31F2N5O2. The average Bonchev–Trinajstić information content (AvgIpc) is 3.29. The van der Waals surface area contributed by atoms with E-state index in [2.05, 4.69) is 14.9 Å². The zero-order valence-electron chi connectivity index (χ0n) is 22.2. The molecule has 5 rings (SSSR count). The number of carbonyl (C=O) groups is 1. The van der Waals surface area contributed by atoms with Crippen LogP contribution < -0.4 is 4.90 Å². The molecular weight excluding hydrogens is 488 g/mol. The van der Waals surface area contributed by atoms with Crippen molar-refractivity contribution in [3.8, 4) is 16.8 Å². The molecule has 0 saturated carbocycles. The van der Waals surface area contributed by atoms with Crippen LogP contribution in [-0.4, -0.2) is 63.2 Å². The predicted octanol–water partition coefficient (Wildman–Crippen LogP) is 5.22. The SMILES string of the molecule is COC(C)(C)C(=O)N1C[C@H](C)N(c2ncnc3c2c(-c2ccccc2F)cn3-c2cccc(F)c2)C[C@H]1C. The van der Waals surface area contributed by atoms with E-state index in [4.69, 9.17) is 4.74 Å². The fourth-order valence-electron chi connectivity index (χ4n) is 5.11. The van der Waals surface area contributed by atoms with Gasteiger partial charge in [-0.15, -0.1) is 0 Å². The second kappa shape index (κ2) is 9.79.